The van der Waals surface area contributed by atoms with Crippen LogP contribution in [0.1, 0.15) is 78.8 Å². The average molecular weight is 524 g/mol. The van der Waals surface area contributed by atoms with Crippen molar-refractivity contribution >= 4 is 28.7 Å². The highest BCUT2D eigenvalue weighted by Gasteiger charge is 2.38. The number of ether oxygens (including phenoxy) is 1. The number of allylic oxidation sites excluding steroid dienone is 2. The molecule has 1 fully saturated rings. The van der Waals surface area contributed by atoms with E-state index in [-0.39, 0.29) is 23.1 Å². The summed E-state index contributed by atoms with van der Waals surface area (Å²) in [6.07, 6.45) is 9.27. The van der Waals surface area contributed by atoms with Crippen LogP contribution in [0.5, 0.6) is 5.75 Å². The molecule has 2 aliphatic carbocycles. The predicted molar refractivity (Wildman–Crippen MR) is 156 cm³/mol. The van der Waals surface area contributed by atoms with Crippen molar-refractivity contribution in [3.63, 3.8) is 0 Å². The van der Waals surface area contributed by atoms with Crippen molar-refractivity contribution in [1.82, 2.24) is 4.90 Å². The maximum Gasteiger partial charge on any atom is 0.196 e. The van der Waals surface area contributed by atoms with E-state index in [9.17, 15) is 9.59 Å². The minimum absolute atomic E-state index is 0.0211. The van der Waals surface area contributed by atoms with Gasteiger partial charge in [-0.1, -0.05) is 58.0 Å². The third-order valence-corrected chi connectivity index (χ3v) is 8.40. The zero-order valence-electron chi connectivity index (χ0n) is 23.3. The Morgan fingerprint density at radius 3 is 2.41 bits per heavy atom. The van der Waals surface area contributed by atoms with Crippen LogP contribution in [0.15, 0.2) is 59.1 Å². The average Bonchev–Trinajstić information content (AvgIpc) is 2.92. The van der Waals surface area contributed by atoms with Gasteiger partial charge in [0.1, 0.15) is 11.4 Å². The molecule has 2 aromatic carbocycles. The Kier molecular flexibility index (Phi) is 6.54. The number of anilines is 1. The maximum absolute atomic E-state index is 13.8. The predicted octanol–water partition coefficient (Wildman–Crippen LogP) is 6.37. The molecule has 0 radical (unpaired) electrons. The number of piperidine rings is 1. The molecule has 1 atom stereocenters. The molecule has 39 heavy (non-hydrogen) atoms. The highest BCUT2D eigenvalue weighted by Crippen LogP contribution is 2.46. The Labute approximate surface area is 230 Å². The molecular weight excluding hydrogens is 486 g/mol. The van der Waals surface area contributed by atoms with Gasteiger partial charge in [-0.2, -0.15) is 0 Å². The first-order chi connectivity index (χ1) is 18.7. The second kappa shape index (κ2) is 9.91. The van der Waals surface area contributed by atoms with E-state index < -0.39 is 0 Å². The molecule has 6 rings (SSSR count). The molecule has 2 heterocycles. The standard InChI is InChI=1S/C33H37N3O3/c1-20-12-16-36(17-13-20)15-7-14-34-25-19-27-30(35-24-11-10-21(33(2,3)4)18-26(24)39-27)29-28(25)31(37)22-8-5-6-9-23(22)32(29)38/h5-6,8-11,18-20,26,34H,7,12-17H2,1-4H3. The first-order valence-electron chi connectivity index (χ1n) is 14.2. The van der Waals surface area contributed by atoms with Gasteiger partial charge in [-0.15, -0.1) is 0 Å². The van der Waals surface area contributed by atoms with E-state index in [4.69, 9.17) is 9.73 Å². The van der Waals surface area contributed by atoms with E-state index >= 15 is 0 Å². The summed E-state index contributed by atoms with van der Waals surface area (Å²) in [5.41, 5.74) is 4.61. The molecule has 2 aliphatic heterocycles. The summed E-state index contributed by atoms with van der Waals surface area (Å²) in [7, 11) is 0. The number of hydrogen-bond acceptors (Lipinski definition) is 6. The van der Waals surface area contributed by atoms with E-state index in [1.165, 1.54) is 18.4 Å². The summed E-state index contributed by atoms with van der Waals surface area (Å²) >= 11 is 0. The third-order valence-electron chi connectivity index (χ3n) is 8.40. The van der Waals surface area contributed by atoms with Crippen LogP contribution in [0.25, 0.3) is 0 Å². The van der Waals surface area contributed by atoms with Crippen LogP contribution in [0.3, 0.4) is 0 Å². The summed E-state index contributed by atoms with van der Waals surface area (Å²) in [6.45, 7) is 12.9. The summed E-state index contributed by atoms with van der Waals surface area (Å²) in [4.78, 5) is 35.1. The number of carbonyl (C=O) groups is 2. The van der Waals surface area contributed by atoms with Gasteiger partial charge in [0.05, 0.1) is 16.8 Å². The fourth-order valence-corrected chi connectivity index (χ4v) is 5.94. The monoisotopic (exact) mass is 523 g/mol. The van der Waals surface area contributed by atoms with E-state index in [2.05, 4.69) is 50.1 Å². The lowest BCUT2D eigenvalue weighted by Crippen LogP contribution is -2.34. The fourth-order valence-electron chi connectivity index (χ4n) is 5.94. The van der Waals surface area contributed by atoms with Crippen LogP contribution in [0.4, 0.5) is 11.4 Å². The quantitative estimate of drug-likeness (QED) is 0.394. The van der Waals surface area contributed by atoms with Gasteiger partial charge in [-0.3, -0.25) is 9.59 Å². The molecule has 0 aromatic heterocycles. The summed E-state index contributed by atoms with van der Waals surface area (Å²) in [6, 6.07) is 8.94. The van der Waals surface area contributed by atoms with Crippen molar-refractivity contribution in [2.24, 2.45) is 16.3 Å². The van der Waals surface area contributed by atoms with Crippen molar-refractivity contribution in [2.75, 3.05) is 31.5 Å². The minimum atomic E-state index is -0.328. The second-order valence-electron chi connectivity index (χ2n) is 12.3. The number of carbonyl (C=O) groups excluding carboxylic acids is 2. The van der Waals surface area contributed by atoms with Gasteiger partial charge in [0.25, 0.3) is 0 Å². The number of nitrogens with zero attached hydrogens (tertiary/aromatic N) is 2. The van der Waals surface area contributed by atoms with Crippen LogP contribution >= 0.6 is 0 Å². The maximum atomic E-state index is 13.8. The fraction of sp³-hybridized carbons (Fsp3) is 0.424. The summed E-state index contributed by atoms with van der Waals surface area (Å²) in [5.74, 6) is 1.02. The molecule has 1 unspecified atom stereocenters. The van der Waals surface area contributed by atoms with E-state index in [1.807, 2.05) is 12.1 Å². The number of hydrogen-bond donors (Lipinski definition) is 1. The smallest absolute Gasteiger partial charge is 0.196 e. The van der Waals surface area contributed by atoms with Gasteiger partial charge in [0.2, 0.25) is 0 Å². The Morgan fingerprint density at radius 2 is 1.72 bits per heavy atom. The molecular formula is C33H37N3O3. The lowest BCUT2D eigenvalue weighted by molar-refractivity contribution is 0.0979. The van der Waals surface area contributed by atoms with Gasteiger partial charge < -0.3 is 15.0 Å². The Balaban J connectivity index is 1.35. The zero-order valence-corrected chi connectivity index (χ0v) is 23.3. The molecule has 0 saturated carbocycles. The third kappa shape index (κ3) is 4.76. The first kappa shape index (κ1) is 25.8. The van der Waals surface area contributed by atoms with Crippen LogP contribution in [0, 0.1) is 11.3 Å². The Hall–Kier alpha value is -3.51. The number of likely N-dealkylation sites (tertiary alicyclic amines) is 1. The van der Waals surface area contributed by atoms with Crippen molar-refractivity contribution in [3.8, 4) is 5.75 Å². The van der Waals surface area contributed by atoms with Crippen LogP contribution in [-0.2, 0) is 0 Å². The number of nitrogens with one attached hydrogen (secondary N) is 1. The van der Waals surface area contributed by atoms with E-state index in [1.54, 1.807) is 24.3 Å². The molecule has 202 valence electrons. The van der Waals surface area contributed by atoms with Crippen molar-refractivity contribution in [2.45, 2.75) is 53.1 Å². The van der Waals surface area contributed by atoms with E-state index in [0.29, 0.717) is 45.9 Å². The van der Waals surface area contributed by atoms with E-state index in [0.717, 1.165) is 37.7 Å². The summed E-state index contributed by atoms with van der Waals surface area (Å²) in [5, 5.41) is 3.50. The molecule has 0 amide bonds. The van der Waals surface area contributed by atoms with Crippen LogP contribution in [0.2, 0.25) is 0 Å². The number of benzene rings is 2. The lowest BCUT2D eigenvalue weighted by atomic mass is 9.81. The molecule has 6 nitrogen and oxygen atoms in total. The van der Waals surface area contributed by atoms with Crippen LogP contribution in [-0.4, -0.2) is 54.5 Å². The van der Waals surface area contributed by atoms with Crippen LogP contribution < -0.4 is 10.1 Å². The van der Waals surface area contributed by atoms with Gasteiger partial charge >= 0.3 is 0 Å². The van der Waals surface area contributed by atoms with Crippen molar-refractivity contribution < 1.29 is 14.3 Å². The molecule has 0 bridgehead atoms. The highest BCUT2D eigenvalue weighted by atomic mass is 16.5. The molecule has 2 aromatic rings. The van der Waals surface area contributed by atoms with Gasteiger partial charge in [0.15, 0.2) is 17.7 Å². The Bertz CT molecular complexity index is 1430. The largest absolute Gasteiger partial charge is 0.478 e. The highest BCUT2D eigenvalue weighted by molar-refractivity contribution is 6.32. The molecule has 4 aliphatic rings. The second-order valence-corrected chi connectivity index (χ2v) is 12.3. The molecule has 6 heteroatoms. The number of rotatable bonds is 5. The van der Waals surface area contributed by atoms with Gasteiger partial charge in [0, 0.05) is 29.4 Å². The number of ketones is 2. The molecule has 1 N–H and O–H groups in total. The van der Waals surface area contributed by atoms with Crippen molar-refractivity contribution in [1.29, 1.82) is 0 Å². The number of aliphatic imine (C=N–C) groups is 1. The van der Waals surface area contributed by atoms with Gasteiger partial charge in [-0.05, 0) is 68.0 Å². The van der Waals surface area contributed by atoms with Crippen molar-refractivity contribution in [3.05, 3.63) is 76.4 Å². The zero-order chi connectivity index (χ0) is 27.3. The first-order valence-corrected chi connectivity index (χ1v) is 14.2. The SMILES string of the molecule is CC1CCN(CCCNc2cc3c(c4c2C(=O)c2ccccc2C4=O)N=C2C=CC(C(C)(C)C)=CC2O3)CC1. The minimum Gasteiger partial charge on any atom is -0.478 e. The molecule has 1 saturated heterocycles. The lowest BCUT2D eigenvalue weighted by Gasteiger charge is -2.32. The van der Waals surface area contributed by atoms with Gasteiger partial charge in [-0.25, -0.2) is 4.99 Å². The normalized spacial score (nSPS) is 20.8. The molecule has 0 spiro atoms. The number of fused-ring (bicyclic) bond motifs is 5. The summed E-state index contributed by atoms with van der Waals surface area (Å²) < 4.78 is 6.48. The Morgan fingerprint density at radius 1 is 1.03 bits per heavy atom. The topological polar surface area (TPSA) is 71.0 Å².